The maximum atomic E-state index is 13.4. The summed E-state index contributed by atoms with van der Waals surface area (Å²) in [5, 5.41) is 22.1. The first-order chi connectivity index (χ1) is 16.4. The number of likely N-dealkylation sites (tertiary alicyclic amines) is 1. The van der Waals surface area contributed by atoms with Crippen molar-refractivity contribution in [3.63, 3.8) is 0 Å². The van der Waals surface area contributed by atoms with Crippen molar-refractivity contribution in [2.24, 2.45) is 11.8 Å². The number of ether oxygens (including phenoxy) is 1. The number of alkyl halides is 3. The number of imide groups is 1. The minimum Gasteiger partial charge on any atom is -0.481 e. The fourth-order valence-corrected chi connectivity index (χ4v) is 4.85. The average molecular weight is 492 g/mol. The molecular formula is C23H19F3N2O7. The van der Waals surface area contributed by atoms with Crippen LogP contribution in [0.15, 0.2) is 54.6 Å². The van der Waals surface area contributed by atoms with Crippen LogP contribution in [0.2, 0.25) is 0 Å². The van der Waals surface area contributed by atoms with E-state index in [0.717, 1.165) is 17.0 Å². The molecule has 184 valence electrons. The van der Waals surface area contributed by atoms with Crippen LogP contribution < -0.4 is 10.1 Å². The number of carbonyl (C=O) groups excluding carboxylic acids is 2. The number of aliphatic carboxylic acids is 2. The summed E-state index contributed by atoms with van der Waals surface area (Å²) in [5.41, 5.74) is -1.74. The van der Waals surface area contributed by atoms with Crippen molar-refractivity contribution in [1.82, 2.24) is 10.2 Å². The predicted octanol–water partition coefficient (Wildman–Crippen LogP) is 2.33. The highest BCUT2D eigenvalue weighted by Gasteiger charge is 2.69. The molecule has 4 unspecified atom stereocenters. The van der Waals surface area contributed by atoms with Crippen molar-refractivity contribution >= 4 is 23.8 Å². The lowest BCUT2D eigenvalue weighted by molar-refractivity contribution is -0.274. The Morgan fingerprint density at radius 3 is 2.31 bits per heavy atom. The topological polar surface area (TPSA) is 133 Å². The zero-order chi connectivity index (χ0) is 25.5. The lowest BCUT2D eigenvalue weighted by atomic mass is 9.77. The summed E-state index contributed by atoms with van der Waals surface area (Å²) in [6, 6.07) is 11.7. The number of rotatable bonds is 7. The van der Waals surface area contributed by atoms with Crippen LogP contribution in [0.4, 0.5) is 13.2 Å². The molecule has 9 nitrogen and oxygen atoms in total. The van der Waals surface area contributed by atoms with Gasteiger partial charge in [-0.3, -0.25) is 29.4 Å². The van der Waals surface area contributed by atoms with Gasteiger partial charge in [-0.15, -0.1) is 13.2 Å². The summed E-state index contributed by atoms with van der Waals surface area (Å²) in [5.74, 6) is -8.38. The molecule has 2 aliphatic heterocycles. The maximum absolute atomic E-state index is 13.4. The molecule has 12 heteroatoms. The first kappa shape index (κ1) is 24.2. The summed E-state index contributed by atoms with van der Waals surface area (Å²) in [7, 11) is 0. The van der Waals surface area contributed by atoms with E-state index < -0.39 is 65.7 Å². The fourth-order valence-electron chi connectivity index (χ4n) is 4.85. The highest BCUT2D eigenvalue weighted by atomic mass is 19.4. The third-order valence-corrected chi connectivity index (χ3v) is 6.19. The summed E-state index contributed by atoms with van der Waals surface area (Å²) in [4.78, 5) is 51.6. The third-order valence-electron chi connectivity index (χ3n) is 6.19. The summed E-state index contributed by atoms with van der Waals surface area (Å²) in [6.45, 7) is -0.168. The van der Waals surface area contributed by atoms with Crippen molar-refractivity contribution < 1.29 is 47.3 Å². The second-order valence-electron chi connectivity index (χ2n) is 8.34. The Kier molecular flexibility index (Phi) is 6.01. The van der Waals surface area contributed by atoms with Gasteiger partial charge in [0, 0.05) is 6.04 Å². The Morgan fingerprint density at radius 2 is 1.71 bits per heavy atom. The molecule has 0 aliphatic carbocycles. The fraction of sp³-hybridized carbons (Fsp3) is 0.304. The van der Waals surface area contributed by atoms with Crippen LogP contribution in [0, 0.1) is 11.8 Å². The van der Waals surface area contributed by atoms with Crippen molar-refractivity contribution in [2.45, 2.75) is 30.9 Å². The lowest BCUT2D eigenvalue weighted by Gasteiger charge is -2.29. The Labute approximate surface area is 196 Å². The first-order valence-corrected chi connectivity index (χ1v) is 10.4. The van der Waals surface area contributed by atoms with Gasteiger partial charge >= 0.3 is 18.3 Å². The van der Waals surface area contributed by atoms with Gasteiger partial charge in [-0.2, -0.15) is 0 Å². The molecule has 2 aromatic rings. The van der Waals surface area contributed by atoms with Crippen molar-refractivity contribution in [1.29, 1.82) is 0 Å². The van der Waals surface area contributed by atoms with Crippen LogP contribution in [-0.2, 0) is 25.7 Å². The van der Waals surface area contributed by atoms with Crippen LogP contribution in [0.25, 0.3) is 0 Å². The standard InChI is InChI=1S/C23H19F3N2O7/c24-23(25,26)35-14-8-4-7-13(9-14)18-16-17(22(27-18,21(33)34)10-15(29)30)20(32)28(19(16)31)11-12-5-2-1-3-6-12/h1-9,16-18,27H,10-11H2,(H,29,30)(H,33,34). The molecule has 2 aliphatic rings. The molecule has 0 radical (unpaired) electrons. The van der Waals surface area contributed by atoms with Gasteiger partial charge in [0.05, 0.1) is 24.8 Å². The number of hydrogen-bond donors (Lipinski definition) is 3. The second kappa shape index (κ2) is 8.69. The lowest BCUT2D eigenvalue weighted by Crippen LogP contribution is -2.56. The van der Waals surface area contributed by atoms with Gasteiger partial charge in [0.25, 0.3) is 0 Å². The van der Waals surface area contributed by atoms with Crippen LogP contribution >= 0.6 is 0 Å². The molecule has 4 rings (SSSR count). The highest BCUT2D eigenvalue weighted by molar-refractivity contribution is 6.10. The molecule has 35 heavy (non-hydrogen) atoms. The zero-order valence-electron chi connectivity index (χ0n) is 17.9. The molecule has 2 heterocycles. The van der Waals surface area contributed by atoms with E-state index in [1.54, 1.807) is 30.3 Å². The number of benzene rings is 2. The van der Waals surface area contributed by atoms with Gasteiger partial charge in [0.15, 0.2) is 0 Å². The van der Waals surface area contributed by atoms with Crippen LogP contribution in [0.5, 0.6) is 5.75 Å². The molecule has 4 atom stereocenters. The number of carboxylic acid groups (broad SMARTS) is 2. The Bertz CT molecular complexity index is 1190. The predicted molar refractivity (Wildman–Crippen MR) is 111 cm³/mol. The minimum absolute atomic E-state index is 0.0398. The van der Waals surface area contributed by atoms with Crippen LogP contribution in [-0.4, -0.2) is 50.8 Å². The van der Waals surface area contributed by atoms with Gasteiger partial charge in [-0.1, -0.05) is 42.5 Å². The third kappa shape index (κ3) is 4.44. The molecule has 0 aromatic heterocycles. The summed E-state index contributed by atoms with van der Waals surface area (Å²) in [6.07, 6.45) is -6.03. The van der Waals surface area contributed by atoms with E-state index in [1.165, 1.54) is 12.1 Å². The summed E-state index contributed by atoms with van der Waals surface area (Å²) >= 11 is 0. The number of carboxylic acids is 2. The van der Waals surface area contributed by atoms with E-state index in [2.05, 4.69) is 10.1 Å². The van der Waals surface area contributed by atoms with Gasteiger partial charge < -0.3 is 14.9 Å². The minimum atomic E-state index is -5.00. The quantitative estimate of drug-likeness (QED) is 0.502. The van der Waals surface area contributed by atoms with E-state index in [-0.39, 0.29) is 12.1 Å². The largest absolute Gasteiger partial charge is 0.573 e. The monoisotopic (exact) mass is 492 g/mol. The van der Waals surface area contributed by atoms with Crippen molar-refractivity contribution in [2.75, 3.05) is 0 Å². The number of carbonyl (C=O) groups is 4. The number of nitrogens with zero attached hydrogens (tertiary/aromatic N) is 1. The molecule has 0 bridgehead atoms. The number of nitrogens with one attached hydrogen (secondary N) is 1. The molecule has 2 saturated heterocycles. The smallest absolute Gasteiger partial charge is 0.481 e. The molecule has 0 saturated carbocycles. The second-order valence-corrected chi connectivity index (χ2v) is 8.34. The Balaban J connectivity index is 1.79. The SMILES string of the molecule is O=C(O)CC1(C(=O)O)NC(c2cccc(OC(F)(F)F)c2)C2C(=O)N(Cc3ccccc3)C(=O)C21. The van der Waals surface area contributed by atoms with Gasteiger partial charge in [-0.25, -0.2) is 0 Å². The maximum Gasteiger partial charge on any atom is 0.573 e. The van der Waals surface area contributed by atoms with E-state index in [9.17, 15) is 42.6 Å². The van der Waals surface area contributed by atoms with E-state index in [1.807, 2.05) is 0 Å². The first-order valence-electron chi connectivity index (χ1n) is 10.4. The molecule has 2 amide bonds. The molecule has 2 aromatic carbocycles. The zero-order valence-corrected chi connectivity index (χ0v) is 17.9. The molecular weight excluding hydrogens is 473 g/mol. The van der Waals surface area contributed by atoms with Gasteiger partial charge in [0.2, 0.25) is 11.8 Å². The molecule has 3 N–H and O–H groups in total. The Hall–Kier alpha value is -3.93. The van der Waals surface area contributed by atoms with Crippen LogP contribution in [0.3, 0.4) is 0 Å². The van der Waals surface area contributed by atoms with Crippen LogP contribution in [0.1, 0.15) is 23.6 Å². The van der Waals surface area contributed by atoms with Gasteiger partial charge in [-0.05, 0) is 23.3 Å². The normalized spacial score (nSPS) is 26.0. The molecule has 2 fully saturated rings. The van der Waals surface area contributed by atoms with E-state index in [4.69, 9.17) is 0 Å². The average Bonchev–Trinajstić information content (AvgIpc) is 3.23. The number of halogens is 3. The Morgan fingerprint density at radius 1 is 1.03 bits per heavy atom. The van der Waals surface area contributed by atoms with Crippen molar-refractivity contribution in [3.05, 3.63) is 65.7 Å². The van der Waals surface area contributed by atoms with Crippen molar-refractivity contribution in [3.8, 4) is 5.75 Å². The van der Waals surface area contributed by atoms with E-state index in [0.29, 0.717) is 5.56 Å². The number of fused-ring (bicyclic) bond motifs is 1. The van der Waals surface area contributed by atoms with E-state index >= 15 is 0 Å². The number of amides is 2. The molecule has 0 spiro atoms. The number of hydrogen-bond acceptors (Lipinski definition) is 6. The highest BCUT2D eigenvalue weighted by Crippen LogP contribution is 2.50. The van der Waals surface area contributed by atoms with Gasteiger partial charge in [0.1, 0.15) is 11.3 Å². The summed E-state index contributed by atoms with van der Waals surface area (Å²) < 4.78 is 42.1.